The number of benzene rings is 1. The molecule has 0 unspecified atom stereocenters. The van der Waals surface area contributed by atoms with Crippen molar-refractivity contribution in [1.29, 1.82) is 0 Å². The average molecular weight is 402 g/mol. The number of thioether (sulfide) groups is 1. The predicted molar refractivity (Wildman–Crippen MR) is 115 cm³/mol. The fraction of sp³-hybridized carbons (Fsp3) is 0.524. The van der Waals surface area contributed by atoms with Crippen LogP contribution in [0.3, 0.4) is 0 Å². The van der Waals surface area contributed by atoms with E-state index < -0.39 is 5.97 Å². The standard InChI is InChI=1S/C21H27N3O3S/c1-2-27-16-9-13-10-18(21-23-15(12-28-21)7-8-19(25)26)24-20(13)17(11-16)22-14-5-3-4-6-14/h9-11,14-15,22,24H,2-8,12H2,1H3,(H,25,26)/t15-/m1/s1. The summed E-state index contributed by atoms with van der Waals surface area (Å²) in [7, 11) is 0. The molecule has 150 valence electrons. The Morgan fingerprint density at radius 1 is 1.36 bits per heavy atom. The molecule has 7 heteroatoms. The molecule has 28 heavy (non-hydrogen) atoms. The maximum atomic E-state index is 10.8. The van der Waals surface area contributed by atoms with Crippen molar-refractivity contribution in [2.75, 3.05) is 17.7 Å². The lowest BCUT2D eigenvalue weighted by atomic mass is 10.1. The Morgan fingerprint density at radius 2 is 2.18 bits per heavy atom. The van der Waals surface area contributed by atoms with E-state index in [1.54, 1.807) is 11.8 Å². The molecule has 1 atom stereocenters. The summed E-state index contributed by atoms with van der Waals surface area (Å²) < 4.78 is 5.78. The van der Waals surface area contributed by atoms with Crippen LogP contribution in [0.2, 0.25) is 0 Å². The van der Waals surface area contributed by atoms with Gasteiger partial charge in [0.2, 0.25) is 0 Å². The highest BCUT2D eigenvalue weighted by Crippen LogP contribution is 2.34. The molecule has 1 aliphatic carbocycles. The van der Waals surface area contributed by atoms with Crippen molar-refractivity contribution in [2.45, 2.75) is 57.5 Å². The highest BCUT2D eigenvalue weighted by atomic mass is 32.2. The quantitative estimate of drug-likeness (QED) is 0.599. The van der Waals surface area contributed by atoms with Gasteiger partial charge in [-0.15, -0.1) is 11.8 Å². The molecule has 0 radical (unpaired) electrons. The maximum absolute atomic E-state index is 10.8. The maximum Gasteiger partial charge on any atom is 0.303 e. The lowest BCUT2D eigenvalue weighted by Gasteiger charge is -2.15. The number of aromatic nitrogens is 1. The minimum Gasteiger partial charge on any atom is -0.494 e. The molecule has 1 fully saturated rings. The van der Waals surface area contributed by atoms with Crippen molar-refractivity contribution in [1.82, 2.24) is 4.98 Å². The number of hydrogen-bond acceptors (Lipinski definition) is 5. The van der Waals surface area contributed by atoms with Crippen molar-refractivity contribution in [3.63, 3.8) is 0 Å². The van der Waals surface area contributed by atoms with E-state index in [0.717, 1.165) is 38.8 Å². The number of rotatable bonds is 8. The largest absolute Gasteiger partial charge is 0.494 e. The number of ether oxygens (including phenoxy) is 1. The van der Waals surface area contributed by atoms with E-state index in [9.17, 15) is 4.79 Å². The molecule has 3 N–H and O–H groups in total. The van der Waals surface area contributed by atoms with E-state index >= 15 is 0 Å². The SMILES string of the molecule is CCOc1cc(NC2CCCC2)c2[nH]c(C3=N[C@H](CCC(=O)O)CS3)cc2c1. The third-order valence-corrected chi connectivity index (χ3v) is 6.51. The molecule has 1 aliphatic heterocycles. The van der Waals surface area contributed by atoms with Gasteiger partial charge in [0.05, 0.1) is 29.5 Å². The van der Waals surface area contributed by atoms with Crippen molar-refractivity contribution in [3.8, 4) is 5.75 Å². The number of fused-ring (bicyclic) bond motifs is 1. The van der Waals surface area contributed by atoms with Crippen LogP contribution in [0.4, 0.5) is 5.69 Å². The number of aromatic amines is 1. The molecule has 4 rings (SSSR count). The van der Waals surface area contributed by atoms with Crippen LogP contribution < -0.4 is 10.1 Å². The average Bonchev–Trinajstić information content (AvgIpc) is 3.40. The Morgan fingerprint density at radius 3 is 2.93 bits per heavy atom. The number of carboxylic acid groups (broad SMARTS) is 1. The van der Waals surface area contributed by atoms with E-state index in [2.05, 4.69) is 28.5 Å². The summed E-state index contributed by atoms with van der Waals surface area (Å²) in [5.41, 5.74) is 3.17. The second kappa shape index (κ2) is 8.47. The molecule has 0 saturated heterocycles. The number of H-pyrrole nitrogens is 1. The van der Waals surface area contributed by atoms with Gasteiger partial charge in [-0.3, -0.25) is 9.79 Å². The smallest absolute Gasteiger partial charge is 0.303 e. The van der Waals surface area contributed by atoms with Crippen LogP contribution in [0, 0.1) is 0 Å². The monoisotopic (exact) mass is 401 g/mol. The highest BCUT2D eigenvalue weighted by Gasteiger charge is 2.23. The molecule has 0 bridgehead atoms. The van der Waals surface area contributed by atoms with Gasteiger partial charge >= 0.3 is 5.97 Å². The zero-order valence-electron chi connectivity index (χ0n) is 16.2. The van der Waals surface area contributed by atoms with Crippen LogP contribution in [-0.4, -0.2) is 45.5 Å². The number of nitrogens with zero attached hydrogens (tertiary/aromatic N) is 1. The first-order valence-corrected chi connectivity index (χ1v) is 11.1. The normalized spacial score (nSPS) is 19.9. The Bertz CT molecular complexity index is 886. The molecule has 1 aromatic carbocycles. The van der Waals surface area contributed by atoms with E-state index in [1.807, 2.05) is 6.92 Å². The van der Waals surface area contributed by atoms with Crippen molar-refractivity contribution in [2.24, 2.45) is 4.99 Å². The zero-order valence-corrected chi connectivity index (χ0v) is 17.0. The van der Waals surface area contributed by atoms with Crippen molar-refractivity contribution >= 4 is 39.4 Å². The summed E-state index contributed by atoms with van der Waals surface area (Å²) in [4.78, 5) is 19.1. The van der Waals surface area contributed by atoms with Gasteiger partial charge in [-0.2, -0.15) is 0 Å². The fourth-order valence-corrected chi connectivity index (χ4v) is 5.07. The minimum absolute atomic E-state index is 0.0811. The van der Waals surface area contributed by atoms with E-state index in [4.69, 9.17) is 14.8 Å². The van der Waals surface area contributed by atoms with Gasteiger partial charge in [0.1, 0.15) is 10.8 Å². The fourth-order valence-electron chi connectivity index (χ4n) is 3.99. The molecule has 1 aromatic heterocycles. The summed E-state index contributed by atoms with van der Waals surface area (Å²) in [6.07, 6.45) is 5.75. The van der Waals surface area contributed by atoms with Crippen LogP contribution in [0.1, 0.15) is 51.1 Å². The molecule has 1 saturated carbocycles. The zero-order chi connectivity index (χ0) is 19.5. The van der Waals surface area contributed by atoms with E-state index in [-0.39, 0.29) is 12.5 Å². The number of carbonyl (C=O) groups is 1. The van der Waals surface area contributed by atoms with Crippen molar-refractivity contribution in [3.05, 3.63) is 23.9 Å². The van der Waals surface area contributed by atoms with Crippen molar-refractivity contribution < 1.29 is 14.6 Å². The number of nitrogens with one attached hydrogen (secondary N) is 2. The highest BCUT2D eigenvalue weighted by molar-refractivity contribution is 8.14. The summed E-state index contributed by atoms with van der Waals surface area (Å²) in [6, 6.07) is 6.89. The minimum atomic E-state index is -0.759. The van der Waals surface area contributed by atoms with Gasteiger partial charge < -0.3 is 20.1 Å². The van der Waals surface area contributed by atoms with Crippen LogP contribution >= 0.6 is 11.8 Å². The summed E-state index contributed by atoms with van der Waals surface area (Å²) in [5.74, 6) is 0.960. The van der Waals surface area contributed by atoms with Gasteiger partial charge in [0, 0.05) is 29.7 Å². The van der Waals surface area contributed by atoms with E-state index in [1.165, 1.54) is 25.7 Å². The predicted octanol–water partition coefficient (Wildman–Crippen LogP) is 4.65. The topological polar surface area (TPSA) is 86.7 Å². The molecule has 2 aromatic rings. The second-order valence-corrected chi connectivity index (χ2v) is 8.52. The van der Waals surface area contributed by atoms with Crippen LogP contribution in [0.25, 0.3) is 10.9 Å². The third kappa shape index (κ3) is 4.29. The first-order valence-electron chi connectivity index (χ1n) is 10.1. The first-order chi connectivity index (χ1) is 13.6. The van der Waals surface area contributed by atoms with Gasteiger partial charge in [-0.05, 0) is 38.3 Å². The lowest BCUT2D eigenvalue weighted by Crippen LogP contribution is -2.14. The lowest BCUT2D eigenvalue weighted by molar-refractivity contribution is -0.137. The Kier molecular flexibility index (Phi) is 5.80. The van der Waals surface area contributed by atoms with E-state index in [0.29, 0.717) is 19.1 Å². The van der Waals surface area contributed by atoms with Gasteiger partial charge in [0.15, 0.2) is 0 Å². The molecular weight excluding hydrogens is 374 g/mol. The van der Waals surface area contributed by atoms with Crippen LogP contribution in [-0.2, 0) is 4.79 Å². The van der Waals surface area contributed by atoms with Gasteiger partial charge in [0.25, 0.3) is 0 Å². The second-order valence-electron chi connectivity index (χ2n) is 7.51. The Hall–Kier alpha value is -2.15. The first kappa shape index (κ1) is 19.2. The van der Waals surface area contributed by atoms with Crippen LogP contribution in [0.15, 0.2) is 23.2 Å². The van der Waals surface area contributed by atoms with Crippen LogP contribution in [0.5, 0.6) is 5.75 Å². The molecule has 6 nitrogen and oxygen atoms in total. The number of anilines is 1. The summed E-state index contributed by atoms with van der Waals surface area (Å²) in [5, 5.41) is 14.7. The molecular formula is C21H27N3O3S. The summed E-state index contributed by atoms with van der Waals surface area (Å²) in [6.45, 7) is 2.64. The molecule has 0 amide bonds. The Labute approximate surface area is 169 Å². The van der Waals surface area contributed by atoms with Gasteiger partial charge in [-0.1, -0.05) is 12.8 Å². The molecule has 2 aliphatic rings. The number of aliphatic carboxylic acids is 1. The molecule has 0 spiro atoms. The third-order valence-electron chi connectivity index (χ3n) is 5.36. The van der Waals surface area contributed by atoms with Gasteiger partial charge in [-0.25, -0.2) is 0 Å². The number of hydrogen-bond donors (Lipinski definition) is 3. The number of aliphatic imine (C=N–C) groups is 1. The summed E-state index contributed by atoms with van der Waals surface area (Å²) >= 11 is 1.70. The molecule has 2 heterocycles. The Balaban J connectivity index is 1.61. The number of carboxylic acids is 1.